The van der Waals surface area contributed by atoms with Gasteiger partial charge in [-0.15, -0.1) is 88.8 Å². The molecule has 0 fully saturated rings. The summed E-state index contributed by atoms with van der Waals surface area (Å²) in [6.45, 7) is 0. The molecule has 40 heavy (non-hydrogen) atoms. The fraction of sp³-hybridized carbons (Fsp3) is 0.118. The van der Waals surface area contributed by atoms with Crippen LogP contribution in [0.4, 0.5) is 0 Å². The van der Waals surface area contributed by atoms with Crippen LogP contribution in [0.15, 0.2) is 128 Å². The molecule has 6 heteroatoms. The maximum Gasteiger partial charge on any atom is 4.00 e. The Hall–Kier alpha value is -1.79. The first-order valence-corrected chi connectivity index (χ1v) is 14.9. The minimum Gasteiger partial charge on any atom is -0.668 e. The average molecular weight is 750 g/mol. The second-order valence-electron chi connectivity index (χ2n) is 9.03. The Balaban J connectivity index is 0.000000581. The fourth-order valence-corrected chi connectivity index (χ4v) is 6.83. The van der Waals surface area contributed by atoms with E-state index in [0.717, 1.165) is 8.95 Å². The van der Waals surface area contributed by atoms with Gasteiger partial charge >= 0.3 is 26.2 Å². The van der Waals surface area contributed by atoms with Crippen molar-refractivity contribution >= 4 is 65.2 Å². The van der Waals surface area contributed by atoms with Crippen LogP contribution >= 0.6 is 43.6 Å². The largest absolute Gasteiger partial charge is 4.00 e. The van der Waals surface area contributed by atoms with Gasteiger partial charge in [0.2, 0.25) is 0 Å². The molecule has 0 aromatic heterocycles. The molecule has 0 atom stereocenters. The van der Waals surface area contributed by atoms with Gasteiger partial charge in [0.05, 0.1) is 0 Å². The summed E-state index contributed by atoms with van der Waals surface area (Å²) in [5, 5.41) is 12.0. The first-order chi connectivity index (χ1) is 19.0. The Labute approximate surface area is 278 Å². The Morgan fingerprint density at radius 3 is 1.25 bits per heavy atom. The van der Waals surface area contributed by atoms with Crippen LogP contribution < -0.4 is 0 Å². The van der Waals surface area contributed by atoms with Crippen molar-refractivity contribution in [3.05, 3.63) is 129 Å². The van der Waals surface area contributed by atoms with Crippen LogP contribution in [0, 0.1) is 0 Å². The van der Waals surface area contributed by atoms with E-state index in [0.29, 0.717) is 0 Å². The van der Waals surface area contributed by atoms with Crippen LogP contribution in [-0.4, -0.2) is 28.2 Å². The number of fused-ring (bicyclic) bond motifs is 2. The number of benzene rings is 4. The van der Waals surface area contributed by atoms with Gasteiger partial charge < -0.3 is 10.6 Å². The predicted octanol–water partition coefficient (Wildman–Crippen LogP) is 11.7. The molecular formula is C34H30Br2N2SZr. The molecule has 6 rings (SSSR count). The number of nitrogens with zero attached hydrogens (tertiary/aromatic N) is 2. The van der Waals surface area contributed by atoms with Crippen molar-refractivity contribution in [1.29, 1.82) is 0 Å². The van der Waals surface area contributed by atoms with Crippen molar-refractivity contribution in [2.75, 3.05) is 28.2 Å². The zero-order valence-corrected chi connectivity index (χ0v) is 29.4. The minimum absolute atomic E-state index is 0. The van der Waals surface area contributed by atoms with E-state index in [1.54, 1.807) is 40.0 Å². The third-order valence-electron chi connectivity index (χ3n) is 5.94. The molecule has 0 amide bonds. The molecule has 0 spiro atoms. The molecule has 0 N–H and O–H groups in total. The second kappa shape index (κ2) is 16.0. The Morgan fingerprint density at radius 1 is 0.550 bits per heavy atom. The summed E-state index contributed by atoms with van der Waals surface area (Å²) in [5.74, 6) is 0. The van der Waals surface area contributed by atoms with E-state index in [1.807, 2.05) is 0 Å². The molecule has 0 aliphatic rings. The Kier molecular flexibility index (Phi) is 13.1. The first kappa shape index (κ1) is 32.7. The predicted molar refractivity (Wildman–Crippen MR) is 180 cm³/mol. The molecule has 0 bridgehead atoms. The van der Waals surface area contributed by atoms with Gasteiger partial charge in [-0.1, -0.05) is 108 Å². The smallest absolute Gasteiger partial charge is 0.668 e. The van der Waals surface area contributed by atoms with E-state index in [9.17, 15) is 0 Å². The Bertz CT molecular complexity index is 1520. The molecule has 0 saturated heterocycles. The molecule has 0 saturated carbocycles. The number of rotatable bonds is 4. The molecule has 0 aliphatic carbocycles. The van der Waals surface area contributed by atoms with Crippen molar-refractivity contribution in [2.45, 2.75) is 9.79 Å². The molecular weight excluding hydrogens is 719 g/mol. The standard InChI is InChI=1S/C30H18Br2S.2C2H6N.Zr/c31-29-17-25(13-23-11-21(15-27(23)29)19-7-3-1-4-8-19)33-26-14-24-12-22(16-28(24)30(32)18-26)20-9-5-2-6-10-20;2*1-3-2;/h1-18H;2*1-2H3;/q-2;2*-1;+4. The summed E-state index contributed by atoms with van der Waals surface area (Å²) in [6, 6.07) is 39.2. The summed E-state index contributed by atoms with van der Waals surface area (Å²) >= 11 is 9.41. The topological polar surface area (TPSA) is 28.2 Å². The normalized spacial score (nSPS) is 10.3. The summed E-state index contributed by atoms with van der Waals surface area (Å²) in [5.41, 5.74) is 5.00. The monoisotopic (exact) mass is 746 g/mol. The molecule has 2 nitrogen and oxygen atoms in total. The summed E-state index contributed by atoms with van der Waals surface area (Å²) in [6.07, 6.45) is 0. The molecule has 0 radical (unpaired) electrons. The quantitative estimate of drug-likeness (QED) is 0.165. The summed E-state index contributed by atoms with van der Waals surface area (Å²) < 4.78 is 2.26. The molecule has 0 heterocycles. The van der Waals surface area contributed by atoms with Crippen molar-refractivity contribution in [2.24, 2.45) is 0 Å². The fourth-order valence-electron chi connectivity index (χ4n) is 4.35. The molecule has 6 aromatic carbocycles. The van der Waals surface area contributed by atoms with Gasteiger partial charge in [-0.3, -0.25) is 0 Å². The van der Waals surface area contributed by atoms with E-state index >= 15 is 0 Å². The van der Waals surface area contributed by atoms with E-state index in [1.165, 1.54) is 53.6 Å². The van der Waals surface area contributed by atoms with E-state index in [-0.39, 0.29) is 26.2 Å². The second-order valence-corrected chi connectivity index (χ2v) is 11.9. The van der Waals surface area contributed by atoms with Crippen molar-refractivity contribution in [3.8, 4) is 22.3 Å². The van der Waals surface area contributed by atoms with Crippen LogP contribution in [0.3, 0.4) is 0 Å². The summed E-state index contributed by atoms with van der Waals surface area (Å²) in [7, 11) is 7.00. The van der Waals surface area contributed by atoms with Gasteiger partial charge in [-0.25, -0.2) is 0 Å². The van der Waals surface area contributed by atoms with Gasteiger partial charge in [0, 0.05) is 0 Å². The van der Waals surface area contributed by atoms with Gasteiger partial charge in [0.1, 0.15) is 0 Å². The maximum absolute atomic E-state index is 3.81. The molecule has 0 aliphatic heterocycles. The zero-order chi connectivity index (χ0) is 27.8. The third kappa shape index (κ3) is 8.15. The van der Waals surface area contributed by atoms with Crippen LogP contribution in [0.5, 0.6) is 0 Å². The van der Waals surface area contributed by atoms with Crippen LogP contribution in [0.2, 0.25) is 0 Å². The summed E-state index contributed by atoms with van der Waals surface area (Å²) in [4.78, 5) is 2.45. The number of hydrogen-bond acceptors (Lipinski definition) is 1. The van der Waals surface area contributed by atoms with Crippen molar-refractivity contribution in [3.63, 3.8) is 0 Å². The van der Waals surface area contributed by atoms with Gasteiger partial charge in [-0.2, -0.15) is 28.2 Å². The third-order valence-corrected chi connectivity index (χ3v) is 8.20. The first-order valence-electron chi connectivity index (χ1n) is 12.5. The molecule has 200 valence electrons. The van der Waals surface area contributed by atoms with Crippen LogP contribution in [-0.2, 0) is 26.2 Å². The molecule has 0 unspecified atom stereocenters. The SMILES string of the molecule is Brc1cc(Sc2cc(Br)c3[cH-]c(-c4ccccc4)cc3c2)cc2cc(-c3ccccc3)[cH-]c12.C[N-]C.C[N-]C.[Zr+4]. The average Bonchev–Trinajstić information content (AvgIpc) is 3.56. The number of halogens is 2. The van der Waals surface area contributed by atoms with Crippen molar-refractivity contribution in [1.82, 2.24) is 0 Å². The zero-order valence-electron chi connectivity index (χ0n) is 23.0. The minimum atomic E-state index is 0. The van der Waals surface area contributed by atoms with Crippen LogP contribution in [0.1, 0.15) is 0 Å². The van der Waals surface area contributed by atoms with Gasteiger partial charge in [0.15, 0.2) is 0 Å². The van der Waals surface area contributed by atoms with Crippen LogP contribution in [0.25, 0.3) is 54.4 Å². The van der Waals surface area contributed by atoms with Gasteiger partial charge in [-0.05, 0) is 18.7 Å². The van der Waals surface area contributed by atoms with E-state index in [4.69, 9.17) is 0 Å². The molecule has 6 aromatic rings. The Morgan fingerprint density at radius 2 is 0.900 bits per heavy atom. The maximum atomic E-state index is 3.81. The van der Waals surface area contributed by atoms with E-state index < -0.39 is 0 Å². The number of hydrogen-bond donors (Lipinski definition) is 0. The van der Waals surface area contributed by atoms with E-state index in [2.05, 4.69) is 152 Å². The van der Waals surface area contributed by atoms with Crippen molar-refractivity contribution < 1.29 is 26.2 Å². The van der Waals surface area contributed by atoms with Gasteiger partial charge in [0.25, 0.3) is 0 Å².